The Labute approximate surface area is 205 Å². The number of methoxy groups -OCH3 is 1. The van der Waals surface area contributed by atoms with Gasteiger partial charge in [0.2, 0.25) is 6.79 Å². The maximum Gasteiger partial charge on any atom is 0.338 e. The van der Waals surface area contributed by atoms with E-state index in [1.54, 1.807) is 37.7 Å². The van der Waals surface area contributed by atoms with Gasteiger partial charge in [-0.3, -0.25) is 9.36 Å². The van der Waals surface area contributed by atoms with Gasteiger partial charge in [-0.25, -0.2) is 9.79 Å². The third kappa shape index (κ3) is 4.01. The fourth-order valence-corrected chi connectivity index (χ4v) is 5.29. The van der Waals surface area contributed by atoms with E-state index in [1.165, 1.54) is 11.3 Å². The number of fused-ring (bicyclic) bond motifs is 2. The highest BCUT2D eigenvalue weighted by molar-refractivity contribution is 7.07. The van der Waals surface area contributed by atoms with Crippen molar-refractivity contribution in [3.8, 4) is 17.2 Å². The first-order valence-corrected chi connectivity index (χ1v) is 12.0. The van der Waals surface area contributed by atoms with E-state index in [-0.39, 0.29) is 19.0 Å². The van der Waals surface area contributed by atoms with Gasteiger partial charge in [0.25, 0.3) is 5.56 Å². The summed E-state index contributed by atoms with van der Waals surface area (Å²) in [5.74, 6) is 1.52. The van der Waals surface area contributed by atoms with E-state index in [4.69, 9.17) is 18.9 Å². The van der Waals surface area contributed by atoms with Crippen LogP contribution in [0.2, 0.25) is 0 Å². The summed E-state index contributed by atoms with van der Waals surface area (Å²) in [6.45, 7) is 5.87. The summed E-state index contributed by atoms with van der Waals surface area (Å²) in [7, 11) is 1.59. The largest absolute Gasteiger partial charge is 0.497 e. The molecule has 1 atom stereocenters. The molecule has 0 aliphatic carbocycles. The topological polar surface area (TPSA) is 88.4 Å². The third-order valence-corrected chi connectivity index (χ3v) is 6.98. The van der Waals surface area contributed by atoms with E-state index in [0.717, 1.165) is 16.7 Å². The van der Waals surface area contributed by atoms with E-state index < -0.39 is 12.0 Å². The summed E-state index contributed by atoms with van der Waals surface area (Å²) in [4.78, 5) is 31.8. The van der Waals surface area contributed by atoms with Gasteiger partial charge in [0.15, 0.2) is 16.3 Å². The smallest absolute Gasteiger partial charge is 0.338 e. The van der Waals surface area contributed by atoms with E-state index >= 15 is 0 Å². The molecule has 0 radical (unpaired) electrons. The fraction of sp³-hybridized carbons (Fsp3) is 0.269. The van der Waals surface area contributed by atoms with Crippen molar-refractivity contribution in [1.29, 1.82) is 0 Å². The van der Waals surface area contributed by atoms with Crippen LogP contribution in [-0.2, 0) is 9.53 Å². The number of rotatable bonds is 5. The number of aryl methyl sites for hydroxylation is 1. The molecule has 180 valence electrons. The zero-order valence-electron chi connectivity index (χ0n) is 19.8. The van der Waals surface area contributed by atoms with Crippen LogP contribution < -0.4 is 29.1 Å². The van der Waals surface area contributed by atoms with E-state index in [2.05, 4.69) is 4.99 Å². The highest BCUT2D eigenvalue weighted by Crippen LogP contribution is 2.35. The van der Waals surface area contributed by atoms with Crippen molar-refractivity contribution >= 4 is 23.4 Å². The van der Waals surface area contributed by atoms with Crippen LogP contribution in [0.4, 0.5) is 0 Å². The van der Waals surface area contributed by atoms with Gasteiger partial charge in [0.05, 0.1) is 35.6 Å². The Morgan fingerprint density at radius 2 is 1.91 bits per heavy atom. The van der Waals surface area contributed by atoms with Crippen LogP contribution in [-0.4, -0.2) is 31.0 Å². The SMILES string of the molecule is CCOC(=O)C1=C(C)N=c2s/c(=C\c3cc4c(cc3C)OCO4)c(=O)n2[C@@H]1c1ccc(OC)cc1. The molecule has 2 aromatic carbocycles. The second kappa shape index (κ2) is 9.07. The lowest BCUT2D eigenvalue weighted by Crippen LogP contribution is -2.39. The lowest BCUT2D eigenvalue weighted by atomic mass is 9.96. The number of nitrogens with zero attached hydrogens (tertiary/aromatic N) is 2. The quantitative estimate of drug-likeness (QED) is 0.509. The zero-order valence-corrected chi connectivity index (χ0v) is 20.6. The predicted octanol–water partition coefficient (Wildman–Crippen LogP) is 2.84. The van der Waals surface area contributed by atoms with Crippen LogP contribution >= 0.6 is 11.3 Å². The first kappa shape index (κ1) is 22.9. The highest BCUT2D eigenvalue weighted by Gasteiger charge is 2.33. The molecule has 0 fully saturated rings. The minimum Gasteiger partial charge on any atom is -0.497 e. The molecule has 0 saturated carbocycles. The molecule has 35 heavy (non-hydrogen) atoms. The number of benzene rings is 2. The van der Waals surface area contributed by atoms with Crippen LogP contribution in [0.3, 0.4) is 0 Å². The number of hydrogen-bond donors (Lipinski definition) is 0. The van der Waals surface area contributed by atoms with Crippen molar-refractivity contribution in [1.82, 2.24) is 4.57 Å². The summed E-state index contributed by atoms with van der Waals surface area (Å²) >= 11 is 1.28. The molecule has 0 spiro atoms. The van der Waals surface area contributed by atoms with Gasteiger partial charge >= 0.3 is 5.97 Å². The standard InChI is InChI=1S/C26H24N2O6S/c1-5-32-25(30)22-15(3)27-26-28(23(22)16-6-8-18(31-4)9-7-16)24(29)21(35-26)12-17-11-20-19(10-14(17)2)33-13-34-20/h6-12,23H,5,13H2,1-4H3/b21-12-/t23-/m1/s1. The van der Waals surface area contributed by atoms with Crippen molar-refractivity contribution in [2.45, 2.75) is 26.8 Å². The van der Waals surface area contributed by atoms with E-state index in [9.17, 15) is 9.59 Å². The molecule has 3 heterocycles. The number of carbonyl (C=O) groups excluding carboxylic acids is 1. The molecule has 0 bridgehead atoms. The van der Waals surface area contributed by atoms with E-state index in [0.29, 0.717) is 37.9 Å². The number of ether oxygens (including phenoxy) is 4. The van der Waals surface area contributed by atoms with Crippen LogP contribution in [0.25, 0.3) is 6.08 Å². The van der Waals surface area contributed by atoms with E-state index in [1.807, 2.05) is 37.3 Å². The van der Waals surface area contributed by atoms with Crippen molar-refractivity contribution in [2.75, 3.05) is 20.5 Å². The van der Waals surface area contributed by atoms with Crippen LogP contribution in [0.15, 0.2) is 57.5 Å². The fourth-order valence-electron chi connectivity index (χ4n) is 4.25. The summed E-state index contributed by atoms with van der Waals surface area (Å²) in [6.07, 6.45) is 1.83. The Morgan fingerprint density at radius 1 is 1.20 bits per heavy atom. The number of hydrogen-bond acceptors (Lipinski definition) is 8. The Morgan fingerprint density at radius 3 is 2.60 bits per heavy atom. The summed E-state index contributed by atoms with van der Waals surface area (Å²) in [5.41, 5.74) is 3.19. The van der Waals surface area contributed by atoms with Crippen molar-refractivity contribution in [2.24, 2.45) is 4.99 Å². The summed E-state index contributed by atoms with van der Waals surface area (Å²) in [5, 5.41) is 0. The van der Waals surface area contributed by atoms with Crippen LogP contribution in [0.1, 0.15) is 36.6 Å². The molecule has 5 rings (SSSR count). The maximum absolute atomic E-state index is 13.7. The normalized spacial score (nSPS) is 16.7. The van der Waals surface area contributed by atoms with Crippen molar-refractivity contribution < 1.29 is 23.7 Å². The number of esters is 1. The van der Waals surface area contributed by atoms with Gasteiger partial charge in [0.1, 0.15) is 5.75 Å². The second-order valence-corrected chi connectivity index (χ2v) is 9.15. The number of aromatic nitrogens is 1. The monoisotopic (exact) mass is 492 g/mol. The molecule has 9 heteroatoms. The Hall–Kier alpha value is -3.85. The second-order valence-electron chi connectivity index (χ2n) is 8.14. The first-order valence-electron chi connectivity index (χ1n) is 11.1. The number of allylic oxidation sites excluding steroid dienone is 1. The molecule has 2 aliphatic heterocycles. The lowest BCUT2D eigenvalue weighted by molar-refractivity contribution is -0.139. The van der Waals surface area contributed by atoms with Gasteiger partial charge in [0, 0.05) is 0 Å². The zero-order chi connectivity index (χ0) is 24.7. The van der Waals surface area contributed by atoms with Crippen molar-refractivity contribution in [3.05, 3.63) is 84.0 Å². The average Bonchev–Trinajstić information content (AvgIpc) is 3.42. The molecule has 0 saturated heterocycles. The molecule has 3 aromatic rings. The summed E-state index contributed by atoms with van der Waals surface area (Å²) < 4.78 is 23.6. The maximum atomic E-state index is 13.7. The molecular formula is C26H24N2O6S. The molecule has 0 unspecified atom stereocenters. The average molecular weight is 493 g/mol. The first-order chi connectivity index (χ1) is 16.9. The minimum atomic E-state index is -0.670. The van der Waals surface area contributed by atoms with Gasteiger partial charge < -0.3 is 18.9 Å². The van der Waals surface area contributed by atoms with Gasteiger partial charge in [-0.1, -0.05) is 23.5 Å². The Bertz CT molecular complexity index is 1530. The van der Waals surface area contributed by atoms with Crippen molar-refractivity contribution in [3.63, 3.8) is 0 Å². The lowest BCUT2D eigenvalue weighted by Gasteiger charge is -2.24. The van der Waals surface area contributed by atoms with Gasteiger partial charge in [-0.2, -0.15) is 0 Å². The molecule has 0 amide bonds. The van der Waals surface area contributed by atoms with Crippen LogP contribution in [0.5, 0.6) is 17.2 Å². The third-order valence-electron chi connectivity index (χ3n) is 6.00. The molecule has 0 N–H and O–H groups in total. The Kier molecular flexibility index (Phi) is 5.94. The molecular weight excluding hydrogens is 468 g/mol. The van der Waals surface area contributed by atoms with Gasteiger partial charge in [-0.15, -0.1) is 0 Å². The molecule has 8 nitrogen and oxygen atoms in total. The number of carbonyl (C=O) groups is 1. The highest BCUT2D eigenvalue weighted by atomic mass is 32.1. The van der Waals surface area contributed by atoms with Crippen LogP contribution in [0, 0.1) is 6.92 Å². The number of thiazole rings is 1. The minimum absolute atomic E-state index is 0.179. The Balaban J connectivity index is 1.70. The molecule has 1 aromatic heterocycles. The molecule has 2 aliphatic rings. The van der Waals surface area contributed by atoms with Gasteiger partial charge in [-0.05, 0) is 67.8 Å². The predicted molar refractivity (Wildman–Crippen MR) is 131 cm³/mol. The summed E-state index contributed by atoms with van der Waals surface area (Å²) in [6, 6.07) is 10.4.